The molecule has 0 aliphatic carbocycles. The van der Waals surface area contributed by atoms with Crippen LogP contribution in [0.5, 0.6) is 0 Å². The van der Waals surface area contributed by atoms with Gasteiger partial charge in [-0.1, -0.05) is 53.6 Å². The van der Waals surface area contributed by atoms with Crippen molar-refractivity contribution in [2.24, 2.45) is 11.5 Å². The maximum Gasteiger partial charge on any atom is 0.419 e. The molecule has 0 bridgehead atoms. The Bertz CT molecular complexity index is 1490. The third-order valence-corrected chi connectivity index (χ3v) is 6.45. The number of benzene rings is 2. The predicted octanol–water partition coefficient (Wildman–Crippen LogP) is 1.38. The fourth-order valence-electron chi connectivity index (χ4n) is 4.41. The molecule has 4 rings (SSSR count). The van der Waals surface area contributed by atoms with Gasteiger partial charge in [-0.2, -0.15) is 0 Å². The van der Waals surface area contributed by atoms with E-state index < -0.39 is 42.0 Å². The zero-order valence-electron chi connectivity index (χ0n) is 21.7. The largest absolute Gasteiger partial charge is 0.419 e. The summed E-state index contributed by atoms with van der Waals surface area (Å²) in [6, 6.07) is 16.6. The highest BCUT2D eigenvalue weighted by molar-refractivity contribution is 5.95. The SMILES string of the molecule is CC(Cc1c[nH]c2ccccc12)(C(N)=O)N(C(=O)OC(=O)CCC(=O)Nc1nnn[nH]1)C(N)Cc1ccccc1. The monoisotopic (exact) mass is 547 g/mol. The van der Waals surface area contributed by atoms with E-state index in [1.165, 1.54) is 6.92 Å². The zero-order chi connectivity index (χ0) is 28.7. The molecule has 14 heteroatoms. The summed E-state index contributed by atoms with van der Waals surface area (Å²) in [7, 11) is 0. The minimum Gasteiger partial charge on any atom is -0.376 e. The number of carbonyl (C=O) groups is 4. The molecule has 208 valence electrons. The summed E-state index contributed by atoms with van der Waals surface area (Å²) >= 11 is 0. The molecular formula is C26H29N9O5. The van der Waals surface area contributed by atoms with Crippen molar-refractivity contribution in [3.63, 3.8) is 0 Å². The lowest BCUT2D eigenvalue weighted by molar-refractivity contribution is -0.142. The number of nitrogens with zero attached hydrogens (tertiary/aromatic N) is 4. The van der Waals surface area contributed by atoms with Crippen LogP contribution in [0.4, 0.5) is 10.7 Å². The number of fused-ring (bicyclic) bond motifs is 1. The van der Waals surface area contributed by atoms with Gasteiger partial charge in [-0.25, -0.2) is 9.89 Å². The number of amides is 3. The molecule has 7 N–H and O–H groups in total. The van der Waals surface area contributed by atoms with Crippen LogP contribution in [0.15, 0.2) is 60.8 Å². The van der Waals surface area contributed by atoms with Gasteiger partial charge in [-0.3, -0.25) is 24.6 Å². The van der Waals surface area contributed by atoms with Gasteiger partial charge in [0.25, 0.3) is 0 Å². The fourth-order valence-corrected chi connectivity index (χ4v) is 4.41. The number of esters is 1. The van der Waals surface area contributed by atoms with Crippen molar-refractivity contribution in [3.05, 3.63) is 71.9 Å². The second kappa shape index (κ2) is 12.2. The van der Waals surface area contributed by atoms with Crippen LogP contribution in [0.3, 0.4) is 0 Å². The maximum absolute atomic E-state index is 13.5. The minimum atomic E-state index is -1.69. The smallest absolute Gasteiger partial charge is 0.376 e. The van der Waals surface area contributed by atoms with E-state index in [4.69, 9.17) is 16.2 Å². The molecule has 0 aliphatic heterocycles. The lowest BCUT2D eigenvalue weighted by Gasteiger charge is -2.41. The summed E-state index contributed by atoms with van der Waals surface area (Å²) in [5.74, 6) is -2.42. The predicted molar refractivity (Wildman–Crippen MR) is 143 cm³/mol. The molecule has 0 aliphatic rings. The van der Waals surface area contributed by atoms with Crippen LogP contribution < -0.4 is 16.8 Å². The van der Waals surface area contributed by atoms with Crippen LogP contribution in [-0.4, -0.2) is 66.1 Å². The lowest BCUT2D eigenvalue weighted by atomic mass is 9.89. The molecule has 40 heavy (non-hydrogen) atoms. The molecule has 0 spiro atoms. The number of tetrazole rings is 1. The van der Waals surface area contributed by atoms with Crippen molar-refractivity contribution < 1.29 is 23.9 Å². The second-order valence-electron chi connectivity index (χ2n) is 9.34. The standard InChI is InChI=1S/C26H29N9O5/c1-26(23(28)38,14-17-15-29-19-10-6-5-9-18(17)19)35(20(27)13-16-7-3-2-4-8-16)25(39)40-22(37)12-11-21(36)30-24-31-33-34-32-24/h2-10,15,20,29H,11-14,27H2,1H3,(H2,28,38)(H2,30,31,32,33,34,36). The molecule has 2 heterocycles. The number of aromatic nitrogens is 5. The van der Waals surface area contributed by atoms with Gasteiger partial charge in [-0.15, -0.1) is 0 Å². The number of nitrogens with one attached hydrogen (secondary N) is 3. The van der Waals surface area contributed by atoms with Crippen molar-refractivity contribution in [3.8, 4) is 0 Å². The highest BCUT2D eigenvalue weighted by Gasteiger charge is 2.45. The van der Waals surface area contributed by atoms with E-state index in [0.717, 1.165) is 21.4 Å². The summed E-state index contributed by atoms with van der Waals surface area (Å²) in [4.78, 5) is 55.3. The van der Waals surface area contributed by atoms with Gasteiger partial charge in [-0.05, 0) is 34.5 Å². The molecule has 0 radical (unpaired) electrons. The van der Waals surface area contributed by atoms with Crippen LogP contribution in [0.25, 0.3) is 10.9 Å². The first-order valence-corrected chi connectivity index (χ1v) is 12.4. The molecule has 4 aromatic rings. The summed E-state index contributed by atoms with van der Waals surface area (Å²) in [5, 5.41) is 15.7. The van der Waals surface area contributed by atoms with E-state index in [9.17, 15) is 19.2 Å². The molecule has 0 saturated heterocycles. The second-order valence-corrected chi connectivity index (χ2v) is 9.34. The Balaban J connectivity index is 1.56. The van der Waals surface area contributed by atoms with E-state index >= 15 is 0 Å². The maximum atomic E-state index is 13.5. The average molecular weight is 548 g/mol. The Kier molecular flexibility index (Phi) is 8.49. The van der Waals surface area contributed by atoms with Crippen LogP contribution in [0.2, 0.25) is 0 Å². The quantitative estimate of drug-likeness (QED) is 0.104. The number of hydrogen-bond acceptors (Lipinski definition) is 9. The molecule has 2 aromatic heterocycles. The first kappa shape index (κ1) is 27.9. The summed E-state index contributed by atoms with van der Waals surface area (Å²) in [5.41, 5.74) is 13.0. The number of rotatable bonds is 11. The van der Waals surface area contributed by atoms with E-state index in [2.05, 4.69) is 30.9 Å². The number of carbonyl (C=O) groups excluding carboxylic acids is 4. The Hall–Kier alpha value is -5.11. The first-order valence-electron chi connectivity index (χ1n) is 12.4. The van der Waals surface area contributed by atoms with E-state index in [-0.39, 0.29) is 25.2 Å². The number of aromatic amines is 2. The van der Waals surface area contributed by atoms with Crippen molar-refractivity contribution in [1.29, 1.82) is 0 Å². The number of anilines is 1. The average Bonchev–Trinajstić information content (AvgIpc) is 3.58. The van der Waals surface area contributed by atoms with Gasteiger partial charge in [0.2, 0.25) is 17.8 Å². The van der Waals surface area contributed by atoms with Crippen molar-refractivity contribution in [2.75, 3.05) is 5.32 Å². The topological polar surface area (TPSA) is 215 Å². The van der Waals surface area contributed by atoms with Crippen LogP contribution in [0, 0.1) is 0 Å². The number of ether oxygens (including phenoxy) is 1. The third-order valence-electron chi connectivity index (χ3n) is 6.45. The van der Waals surface area contributed by atoms with Crippen molar-refractivity contribution in [1.82, 2.24) is 30.5 Å². The van der Waals surface area contributed by atoms with Gasteiger partial charge >= 0.3 is 12.1 Å². The molecule has 0 fully saturated rings. The van der Waals surface area contributed by atoms with E-state index in [0.29, 0.717) is 5.56 Å². The van der Waals surface area contributed by atoms with Crippen molar-refractivity contribution >= 4 is 40.7 Å². The fraction of sp³-hybridized carbons (Fsp3) is 0.269. The summed E-state index contributed by atoms with van der Waals surface area (Å²) < 4.78 is 5.08. The van der Waals surface area contributed by atoms with Gasteiger partial charge < -0.3 is 21.2 Å². The van der Waals surface area contributed by atoms with Gasteiger partial charge in [0.1, 0.15) is 5.54 Å². The Labute approximate surface area is 228 Å². The van der Waals surface area contributed by atoms with Crippen molar-refractivity contribution in [2.45, 2.75) is 44.3 Å². The Morgan fingerprint density at radius 2 is 1.80 bits per heavy atom. The Morgan fingerprint density at radius 3 is 2.50 bits per heavy atom. The first-order chi connectivity index (χ1) is 19.2. The van der Waals surface area contributed by atoms with Gasteiger partial charge in [0.05, 0.1) is 12.6 Å². The zero-order valence-corrected chi connectivity index (χ0v) is 21.7. The number of nitrogens with two attached hydrogens (primary N) is 2. The summed E-state index contributed by atoms with van der Waals surface area (Å²) in [6.07, 6.45) is -1.13. The summed E-state index contributed by atoms with van der Waals surface area (Å²) in [6.45, 7) is 1.48. The van der Waals surface area contributed by atoms with Crippen LogP contribution >= 0.6 is 0 Å². The number of primary amides is 1. The molecule has 0 saturated carbocycles. The van der Waals surface area contributed by atoms with Gasteiger partial charge in [0.15, 0.2) is 0 Å². The molecule has 14 nitrogen and oxygen atoms in total. The molecule has 2 atom stereocenters. The normalized spacial score (nSPS) is 13.2. The van der Waals surface area contributed by atoms with Crippen LogP contribution in [0.1, 0.15) is 30.9 Å². The Morgan fingerprint density at radius 1 is 1.07 bits per heavy atom. The number of H-pyrrole nitrogens is 2. The minimum absolute atomic E-state index is 0.00186. The molecule has 2 unspecified atom stereocenters. The lowest BCUT2D eigenvalue weighted by Crippen LogP contribution is -2.65. The van der Waals surface area contributed by atoms with E-state index in [1.807, 2.05) is 54.6 Å². The molecule has 2 aromatic carbocycles. The third kappa shape index (κ3) is 6.47. The van der Waals surface area contributed by atoms with Gasteiger partial charge in [0, 0.05) is 36.4 Å². The molecule has 3 amide bonds. The highest BCUT2D eigenvalue weighted by atomic mass is 16.6. The molecular weight excluding hydrogens is 518 g/mol. The van der Waals surface area contributed by atoms with E-state index in [1.54, 1.807) is 6.20 Å². The number of hydrogen-bond donors (Lipinski definition) is 5. The number of para-hydroxylation sites is 1. The van der Waals surface area contributed by atoms with Crippen LogP contribution in [-0.2, 0) is 32.0 Å². The highest BCUT2D eigenvalue weighted by Crippen LogP contribution is 2.29.